The molecular formula is C13H21N3O3. The van der Waals surface area contributed by atoms with Gasteiger partial charge in [0.1, 0.15) is 0 Å². The van der Waals surface area contributed by atoms with Crippen molar-refractivity contribution < 1.29 is 15.0 Å². The molecule has 6 nitrogen and oxygen atoms in total. The molecule has 6 heteroatoms. The Balaban J connectivity index is 1.75. The average Bonchev–Trinajstić information content (AvgIpc) is 2.99. The zero-order chi connectivity index (χ0) is 13.7. The molecule has 2 atom stereocenters. The van der Waals surface area contributed by atoms with Crippen molar-refractivity contribution in [3.05, 3.63) is 18.0 Å². The van der Waals surface area contributed by atoms with Crippen LogP contribution in [0, 0.1) is 11.8 Å². The third-order valence-corrected chi connectivity index (χ3v) is 3.73. The van der Waals surface area contributed by atoms with Gasteiger partial charge in [-0.1, -0.05) is 6.42 Å². The zero-order valence-electron chi connectivity index (χ0n) is 11.0. The molecule has 1 aliphatic carbocycles. The molecule has 1 fully saturated rings. The first-order valence-electron chi connectivity index (χ1n) is 6.76. The van der Waals surface area contributed by atoms with Crippen molar-refractivity contribution in [2.24, 2.45) is 11.8 Å². The van der Waals surface area contributed by atoms with Crippen molar-refractivity contribution in [2.75, 3.05) is 13.2 Å². The Morgan fingerprint density at radius 1 is 1.53 bits per heavy atom. The normalized spacial score (nSPS) is 22.8. The summed E-state index contributed by atoms with van der Waals surface area (Å²) < 4.78 is 1.70. The molecular weight excluding hydrogens is 246 g/mol. The monoisotopic (exact) mass is 267 g/mol. The minimum absolute atomic E-state index is 0.0803. The summed E-state index contributed by atoms with van der Waals surface area (Å²) >= 11 is 0. The lowest BCUT2D eigenvalue weighted by Crippen LogP contribution is -2.28. The van der Waals surface area contributed by atoms with E-state index in [2.05, 4.69) is 10.4 Å². The first kappa shape index (κ1) is 14.0. The van der Waals surface area contributed by atoms with Crippen LogP contribution in [0.4, 0.5) is 0 Å². The molecule has 2 rings (SSSR count). The van der Waals surface area contributed by atoms with E-state index in [1.165, 1.54) is 0 Å². The number of aromatic nitrogens is 2. The molecule has 3 N–H and O–H groups in total. The minimum atomic E-state index is -0.667. The number of nitrogens with one attached hydrogen (secondary N) is 1. The topological polar surface area (TPSA) is 87.4 Å². The van der Waals surface area contributed by atoms with Gasteiger partial charge in [-0.3, -0.25) is 9.48 Å². The molecule has 0 radical (unpaired) electrons. The molecule has 1 aromatic heterocycles. The zero-order valence-corrected chi connectivity index (χ0v) is 11.0. The van der Waals surface area contributed by atoms with E-state index in [1.54, 1.807) is 10.9 Å². The van der Waals surface area contributed by atoms with Crippen LogP contribution in [0.1, 0.15) is 24.8 Å². The van der Waals surface area contributed by atoms with E-state index in [4.69, 9.17) is 10.2 Å². The number of nitrogens with zero attached hydrogens (tertiary/aromatic N) is 2. The molecule has 1 aliphatic rings. The maximum absolute atomic E-state index is 11.1. The van der Waals surface area contributed by atoms with Crippen LogP contribution < -0.4 is 5.32 Å². The van der Waals surface area contributed by atoms with E-state index < -0.39 is 5.97 Å². The van der Waals surface area contributed by atoms with Gasteiger partial charge in [0, 0.05) is 18.3 Å². The van der Waals surface area contributed by atoms with Crippen LogP contribution in [0.2, 0.25) is 0 Å². The summed E-state index contributed by atoms with van der Waals surface area (Å²) in [5, 5.41) is 25.3. The Bertz CT molecular complexity index is 419. The molecule has 0 aromatic carbocycles. The fourth-order valence-corrected chi connectivity index (χ4v) is 2.73. The van der Waals surface area contributed by atoms with Gasteiger partial charge in [0.2, 0.25) is 0 Å². The number of carboxylic acid groups (broad SMARTS) is 1. The van der Waals surface area contributed by atoms with Gasteiger partial charge >= 0.3 is 5.97 Å². The van der Waals surface area contributed by atoms with Crippen LogP contribution in [0.5, 0.6) is 0 Å². The van der Waals surface area contributed by atoms with Crippen LogP contribution in [-0.4, -0.2) is 39.1 Å². The van der Waals surface area contributed by atoms with Gasteiger partial charge in [0.15, 0.2) is 0 Å². The Morgan fingerprint density at radius 2 is 2.37 bits per heavy atom. The van der Waals surface area contributed by atoms with E-state index in [9.17, 15) is 4.79 Å². The highest BCUT2D eigenvalue weighted by Gasteiger charge is 2.32. The van der Waals surface area contributed by atoms with Gasteiger partial charge in [-0.2, -0.15) is 5.10 Å². The van der Waals surface area contributed by atoms with E-state index in [0.717, 1.165) is 31.4 Å². The molecule has 0 bridgehead atoms. The molecule has 2 unspecified atom stereocenters. The van der Waals surface area contributed by atoms with Crippen LogP contribution in [0.15, 0.2) is 12.4 Å². The van der Waals surface area contributed by atoms with Crippen molar-refractivity contribution in [3.8, 4) is 0 Å². The Hall–Kier alpha value is -1.40. The smallest absolute Gasteiger partial charge is 0.306 e. The van der Waals surface area contributed by atoms with Gasteiger partial charge in [0.05, 0.1) is 25.3 Å². The molecule has 0 aliphatic heterocycles. The van der Waals surface area contributed by atoms with Crippen molar-refractivity contribution in [3.63, 3.8) is 0 Å². The summed E-state index contributed by atoms with van der Waals surface area (Å²) in [4.78, 5) is 11.1. The Kier molecular flexibility index (Phi) is 4.93. The number of rotatable bonds is 7. The second-order valence-electron chi connectivity index (χ2n) is 5.10. The molecule has 1 aromatic rings. The second kappa shape index (κ2) is 6.68. The average molecular weight is 267 g/mol. The summed E-state index contributed by atoms with van der Waals surface area (Å²) in [6.07, 6.45) is 6.47. The number of aliphatic hydroxyl groups excluding tert-OH is 1. The highest BCUT2D eigenvalue weighted by molar-refractivity contribution is 5.70. The largest absolute Gasteiger partial charge is 0.481 e. The lowest BCUT2D eigenvalue weighted by Gasteiger charge is -2.15. The van der Waals surface area contributed by atoms with Crippen molar-refractivity contribution in [1.29, 1.82) is 0 Å². The van der Waals surface area contributed by atoms with E-state index in [-0.39, 0.29) is 18.4 Å². The summed E-state index contributed by atoms with van der Waals surface area (Å²) in [5.41, 5.74) is 1.05. The summed E-state index contributed by atoms with van der Waals surface area (Å²) in [7, 11) is 0. The van der Waals surface area contributed by atoms with Gasteiger partial charge in [-0.05, 0) is 25.3 Å². The third-order valence-electron chi connectivity index (χ3n) is 3.73. The first-order valence-corrected chi connectivity index (χ1v) is 6.76. The number of aliphatic carboxylic acids is 1. The predicted octanol–water partition coefficient (Wildman–Crippen LogP) is 0.466. The van der Waals surface area contributed by atoms with Crippen molar-refractivity contribution in [1.82, 2.24) is 15.1 Å². The Labute approximate surface area is 112 Å². The third kappa shape index (κ3) is 3.78. The molecule has 1 heterocycles. The molecule has 0 saturated heterocycles. The molecule has 0 amide bonds. The van der Waals surface area contributed by atoms with Gasteiger partial charge < -0.3 is 15.5 Å². The van der Waals surface area contributed by atoms with Crippen molar-refractivity contribution >= 4 is 5.97 Å². The highest BCUT2D eigenvalue weighted by Crippen LogP contribution is 2.31. The van der Waals surface area contributed by atoms with E-state index in [0.29, 0.717) is 13.1 Å². The van der Waals surface area contributed by atoms with E-state index >= 15 is 0 Å². The van der Waals surface area contributed by atoms with Gasteiger partial charge in [-0.15, -0.1) is 0 Å². The lowest BCUT2D eigenvalue weighted by molar-refractivity contribution is -0.142. The standard InChI is InChI=1S/C13H21N3O3/c17-5-4-16-9-10(7-15-16)6-14-8-11-2-1-3-12(11)13(18)19/h7,9,11-12,14,17H,1-6,8H2,(H,18,19). The number of carbonyl (C=O) groups is 1. The molecule has 19 heavy (non-hydrogen) atoms. The number of aliphatic hydroxyl groups is 1. The fraction of sp³-hybridized carbons (Fsp3) is 0.692. The maximum atomic E-state index is 11.1. The quantitative estimate of drug-likeness (QED) is 0.668. The molecule has 106 valence electrons. The van der Waals surface area contributed by atoms with Gasteiger partial charge in [-0.25, -0.2) is 0 Å². The molecule has 1 saturated carbocycles. The number of carboxylic acids is 1. The predicted molar refractivity (Wildman–Crippen MR) is 69.5 cm³/mol. The van der Waals surface area contributed by atoms with Crippen LogP contribution in [-0.2, 0) is 17.9 Å². The first-order chi connectivity index (χ1) is 9.20. The minimum Gasteiger partial charge on any atom is -0.481 e. The van der Waals surface area contributed by atoms with Crippen LogP contribution in [0.25, 0.3) is 0 Å². The SMILES string of the molecule is O=C(O)C1CCCC1CNCc1cnn(CCO)c1. The maximum Gasteiger partial charge on any atom is 0.306 e. The van der Waals surface area contributed by atoms with E-state index in [1.807, 2.05) is 6.20 Å². The summed E-state index contributed by atoms with van der Waals surface area (Å²) in [5.74, 6) is -0.616. The molecule has 0 spiro atoms. The van der Waals surface area contributed by atoms with Gasteiger partial charge in [0.25, 0.3) is 0 Å². The summed E-state index contributed by atoms with van der Waals surface area (Å²) in [6, 6.07) is 0. The number of hydrogen-bond donors (Lipinski definition) is 3. The van der Waals surface area contributed by atoms with Crippen LogP contribution in [0.3, 0.4) is 0 Å². The second-order valence-corrected chi connectivity index (χ2v) is 5.10. The van der Waals surface area contributed by atoms with Crippen LogP contribution >= 0.6 is 0 Å². The number of hydrogen-bond acceptors (Lipinski definition) is 4. The fourth-order valence-electron chi connectivity index (χ4n) is 2.73. The Morgan fingerprint density at radius 3 is 3.11 bits per heavy atom. The van der Waals surface area contributed by atoms with Crippen molar-refractivity contribution in [2.45, 2.75) is 32.4 Å². The highest BCUT2D eigenvalue weighted by atomic mass is 16.4. The lowest BCUT2D eigenvalue weighted by atomic mass is 9.96. The summed E-state index contributed by atoms with van der Waals surface area (Å²) in [6.45, 7) is 2.01.